The van der Waals surface area contributed by atoms with Gasteiger partial charge < -0.3 is 0 Å². The lowest BCUT2D eigenvalue weighted by atomic mass is 10.0. The Kier molecular flexibility index (Phi) is 209. The molecular weight excluding hydrogens is 1710 g/mol. The maximum absolute atomic E-state index is 3.75. The summed E-state index contributed by atoms with van der Waals surface area (Å²) in [6, 6.07) is 0. The van der Waals surface area contributed by atoms with Gasteiger partial charge in [0, 0.05) is 0 Å². The molecule has 0 bridgehead atoms. The van der Waals surface area contributed by atoms with Crippen LogP contribution in [0.25, 0.3) is 0 Å². The topological polar surface area (TPSA) is 0 Å². The molecule has 0 fully saturated rings. The summed E-state index contributed by atoms with van der Waals surface area (Å²) >= 11 is 0. The lowest BCUT2D eigenvalue weighted by Gasteiger charge is -2.03. The van der Waals surface area contributed by atoms with E-state index in [1.165, 1.54) is 758 Å². The van der Waals surface area contributed by atoms with Crippen molar-refractivity contribution < 1.29 is 0 Å². The van der Waals surface area contributed by atoms with Crippen molar-refractivity contribution in [3.63, 3.8) is 0 Å². The smallest absolute Gasteiger partial charge is 0.0353 e. The predicted molar refractivity (Wildman–Crippen MR) is 676 cm³/mol. The van der Waals surface area contributed by atoms with Gasteiger partial charge in [-0.25, -0.2) is 0 Å². The largest absolute Gasteiger partial charge is 0.103 e. The van der Waals surface area contributed by atoms with Gasteiger partial charge in [-0.15, -0.1) is 26.3 Å². The molecule has 864 valence electrons. The maximum Gasteiger partial charge on any atom is -0.0353 e. The molecular formula is C142H296. The Balaban J connectivity index is -0.000000171. The molecule has 0 unspecified atom stereocenters. The molecule has 0 spiro atoms. The average molecular weight is 2000 g/mol. The van der Waals surface area contributed by atoms with E-state index < -0.39 is 0 Å². The van der Waals surface area contributed by atoms with Crippen LogP contribution < -0.4 is 0 Å². The number of hydrogen-bond donors (Lipinski definition) is 0. The quantitative estimate of drug-likeness (QED) is 0.0421. The summed E-state index contributed by atoms with van der Waals surface area (Å²) in [4.78, 5) is 0. The van der Waals surface area contributed by atoms with Crippen LogP contribution in [0.3, 0.4) is 0 Å². The molecule has 0 amide bonds. The van der Waals surface area contributed by atoms with Crippen molar-refractivity contribution in [2.24, 2.45) is 0 Å². The molecule has 0 saturated heterocycles. The number of rotatable bonds is 112. The Morgan fingerprint density at radius 3 is 0.155 bits per heavy atom. The Morgan fingerprint density at radius 2 is 0.113 bits per heavy atom. The van der Waals surface area contributed by atoms with Crippen molar-refractivity contribution in [1.29, 1.82) is 0 Å². The van der Waals surface area contributed by atoms with Gasteiger partial charge in [-0.05, 0) is 51.4 Å². The highest BCUT2D eigenvalue weighted by atomic mass is 14.1. The van der Waals surface area contributed by atoms with Gasteiger partial charge in [-0.1, -0.05) is 841 Å². The van der Waals surface area contributed by atoms with Gasteiger partial charge in [0.15, 0.2) is 0 Å². The van der Waals surface area contributed by atoms with Crippen LogP contribution in [-0.4, -0.2) is 0 Å². The Morgan fingerprint density at radius 1 is 0.0704 bits per heavy atom. The SMILES string of the molecule is C=CCCCCCCCCCC.C=CCCCCCCCCCC.C=CCCCCCCCCCCCCCC.C=CCCCCCCCCCCCCCC.CCCCCCCCCCC.CCCCCCCCCCC.CCCCCCCCCCCCC.CCCCCCCCCCCCC.CCCCCCCCCCCCCCCCCCC.CCCCCCCCCCCCCCCCCCC. The van der Waals surface area contributed by atoms with Crippen LogP contribution in [0.15, 0.2) is 50.6 Å². The van der Waals surface area contributed by atoms with Gasteiger partial charge in [0.05, 0.1) is 0 Å². The molecule has 0 radical (unpaired) electrons. The Bertz CT molecular complexity index is 1620. The van der Waals surface area contributed by atoms with E-state index in [0.717, 1.165) is 0 Å². The summed E-state index contributed by atoms with van der Waals surface area (Å²) in [5.41, 5.74) is 0. The standard InChI is InChI=1S/2C19H40.2C16H32.2C13H28.2C12H24.2C11H24/c2*1-3-5-7-9-11-13-15-17-19-18-16-14-12-10-8-6-4-2;2*1-3-5-7-9-11-13-15-16-14-12-10-8-6-4-2;2*1-3-5-7-9-11-13-12-10-8-6-4-2;2*1-3-5-7-9-11-12-10-8-6-4-2;2*1-3-5-7-9-11-10-8-6-4-2/h2*3-19H2,1-2H3;2*3H,1,4-16H2,2H3;2*3-13H2,1-2H3;2*3H,1,4-12H2,2H3;2*3-11H2,1-2H3. The molecule has 0 aliphatic rings. The summed E-state index contributed by atoms with van der Waals surface area (Å²) in [7, 11) is 0. The van der Waals surface area contributed by atoms with Gasteiger partial charge in [0.1, 0.15) is 0 Å². The molecule has 0 heterocycles. The highest BCUT2D eigenvalue weighted by molar-refractivity contribution is 4.69. The summed E-state index contributed by atoms with van der Waals surface area (Å²) in [6.07, 6.45) is 178. The van der Waals surface area contributed by atoms with Gasteiger partial charge in [-0.2, -0.15) is 0 Å². The third-order valence-electron chi connectivity index (χ3n) is 29.3. The third kappa shape index (κ3) is 215. The minimum Gasteiger partial charge on any atom is -0.103 e. The Hall–Kier alpha value is -1.04. The van der Waals surface area contributed by atoms with E-state index in [2.05, 4.69) is 137 Å². The lowest BCUT2D eigenvalue weighted by molar-refractivity contribution is 0.529. The highest BCUT2D eigenvalue weighted by Crippen LogP contribution is 2.22. The van der Waals surface area contributed by atoms with Crippen LogP contribution in [-0.2, 0) is 0 Å². The van der Waals surface area contributed by atoms with Crippen molar-refractivity contribution in [2.75, 3.05) is 0 Å². The van der Waals surface area contributed by atoms with E-state index in [-0.39, 0.29) is 0 Å². The molecule has 0 aromatic carbocycles. The minimum atomic E-state index is 1.20. The van der Waals surface area contributed by atoms with Gasteiger partial charge in [0.2, 0.25) is 0 Å². The van der Waals surface area contributed by atoms with Gasteiger partial charge in [0.25, 0.3) is 0 Å². The lowest BCUT2D eigenvalue weighted by Crippen LogP contribution is -1.83. The Labute approximate surface area is 912 Å². The second kappa shape index (κ2) is 185. The molecule has 0 aliphatic carbocycles. The fraction of sp³-hybridized carbons (Fsp3) is 0.944. The molecule has 0 rings (SSSR count). The van der Waals surface area contributed by atoms with E-state index in [4.69, 9.17) is 0 Å². The molecule has 0 aromatic rings. The molecule has 0 aliphatic heterocycles. The normalized spacial score (nSPS) is 10.6. The maximum atomic E-state index is 3.75. The van der Waals surface area contributed by atoms with Crippen molar-refractivity contribution in [3.8, 4) is 0 Å². The third-order valence-corrected chi connectivity index (χ3v) is 29.3. The molecule has 0 heteroatoms. The first-order chi connectivity index (χ1) is 70.1. The summed E-state index contributed by atoms with van der Waals surface area (Å²) < 4.78 is 0. The number of hydrogen-bond acceptors (Lipinski definition) is 0. The summed E-state index contributed by atoms with van der Waals surface area (Å²) in [6.45, 7) is 51.5. The fourth-order valence-electron chi connectivity index (χ4n) is 18.9. The van der Waals surface area contributed by atoms with Crippen molar-refractivity contribution in [1.82, 2.24) is 0 Å². The van der Waals surface area contributed by atoms with Crippen LogP contribution in [0.5, 0.6) is 0 Å². The second-order valence-corrected chi connectivity index (χ2v) is 45.0. The molecule has 142 heavy (non-hydrogen) atoms. The average Bonchev–Trinajstić information content (AvgIpc) is 1.12. The molecule has 0 aromatic heterocycles. The minimum absolute atomic E-state index is 1.20. The van der Waals surface area contributed by atoms with Crippen LogP contribution in [0.2, 0.25) is 0 Å². The highest BCUT2D eigenvalue weighted by Gasteiger charge is 2.03. The second-order valence-electron chi connectivity index (χ2n) is 45.0. The van der Waals surface area contributed by atoms with E-state index in [0.29, 0.717) is 0 Å². The first kappa shape index (κ1) is 161. The zero-order chi connectivity index (χ0) is 106. The fourth-order valence-corrected chi connectivity index (χ4v) is 18.9. The predicted octanol–water partition coefficient (Wildman–Crippen LogP) is 57.0. The zero-order valence-electron chi connectivity index (χ0n) is 105. The molecule has 0 nitrogen and oxygen atoms in total. The number of unbranched alkanes of at least 4 members (excludes halogenated alkanes) is 108. The van der Waals surface area contributed by atoms with E-state index in [1.54, 1.807) is 0 Å². The van der Waals surface area contributed by atoms with E-state index in [9.17, 15) is 0 Å². The van der Waals surface area contributed by atoms with Crippen molar-refractivity contribution in [2.45, 2.75) is 868 Å². The van der Waals surface area contributed by atoms with Gasteiger partial charge in [-0.3, -0.25) is 0 Å². The van der Waals surface area contributed by atoms with Gasteiger partial charge >= 0.3 is 0 Å². The van der Waals surface area contributed by atoms with Crippen LogP contribution in [0.4, 0.5) is 0 Å². The first-order valence-corrected chi connectivity index (χ1v) is 68.6. The summed E-state index contributed by atoms with van der Waals surface area (Å²) in [5, 5.41) is 0. The molecule has 0 N–H and O–H groups in total. The van der Waals surface area contributed by atoms with Crippen LogP contribution >= 0.6 is 0 Å². The molecule has 0 atom stereocenters. The monoisotopic (exact) mass is 2000 g/mol. The van der Waals surface area contributed by atoms with E-state index in [1.807, 2.05) is 24.3 Å². The number of allylic oxidation sites excluding steroid dienone is 4. The molecule has 0 saturated carbocycles. The summed E-state index contributed by atoms with van der Waals surface area (Å²) in [5.74, 6) is 0. The first-order valence-electron chi connectivity index (χ1n) is 68.6. The van der Waals surface area contributed by atoms with Crippen molar-refractivity contribution in [3.05, 3.63) is 50.6 Å². The van der Waals surface area contributed by atoms with E-state index >= 15 is 0 Å². The zero-order valence-corrected chi connectivity index (χ0v) is 105. The van der Waals surface area contributed by atoms with Crippen LogP contribution in [0, 0.1) is 0 Å². The van der Waals surface area contributed by atoms with Crippen molar-refractivity contribution >= 4 is 0 Å². The van der Waals surface area contributed by atoms with Crippen LogP contribution in [0.1, 0.15) is 868 Å².